The minimum atomic E-state index is -0.386. The maximum atomic E-state index is 11.6. The molecular weight excluding hydrogens is 254 g/mol. The number of Topliss-reactive ketones (excluding diaryl/α,β-unsaturated/α-hetero) is 1. The van der Waals surface area contributed by atoms with Gasteiger partial charge < -0.3 is 10.5 Å². The summed E-state index contributed by atoms with van der Waals surface area (Å²) in [6.07, 6.45) is 2.78. The van der Waals surface area contributed by atoms with E-state index < -0.39 is 0 Å². The van der Waals surface area contributed by atoms with E-state index in [2.05, 4.69) is 0 Å². The number of ketones is 1. The first-order valence-electron chi connectivity index (χ1n) is 6.79. The molecule has 0 spiro atoms. The Kier molecular flexibility index (Phi) is 6.10. The van der Waals surface area contributed by atoms with Crippen LogP contribution in [0, 0.1) is 12.8 Å². The van der Waals surface area contributed by atoms with Crippen molar-refractivity contribution in [1.82, 2.24) is 0 Å². The normalized spacial score (nSPS) is 11.9. The van der Waals surface area contributed by atoms with Crippen molar-refractivity contribution >= 4 is 18.0 Å². The van der Waals surface area contributed by atoms with Gasteiger partial charge in [-0.05, 0) is 44.7 Å². The molecule has 0 aliphatic heterocycles. The van der Waals surface area contributed by atoms with Crippen molar-refractivity contribution in [3.8, 4) is 0 Å². The summed E-state index contributed by atoms with van der Waals surface area (Å²) in [6, 6.07) is 5.73. The third kappa shape index (κ3) is 4.61. The first-order valence-corrected chi connectivity index (χ1v) is 6.79. The van der Waals surface area contributed by atoms with Crippen LogP contribution in [0.4, 0.5) is 0 Å². The fraction of sp³-hybridized carbons (Fsp3) is 0.438. The van der Waals surface area contributed by atoms with E-state index in [0.29, 0.717) is 31.2 Å². The highest BCUT2D eigenvalue weighted by atomic mass is 16.1. The largest absolute Gasteiger partial charge is 0.369 e. The van der Waals surface area contributed by atoms with Crippen molar-refractivity contribution in [1.29, 1.82) is 0 Å². The highest BCUT2D eigenvalue weighted by Gasteiger charge is 2.16. The first kappa shape index (κ1) is 16.1. The van der Waals surface area contributed by atoms with Crippen LogP contribution in [0.15, 0.2) is 18.2 Å². The van der Waals surface area contributed by atoms with Gasteiger partial charge in [0.05, 0.1) is 0 Å². The van der Waals surface area contributed by atoms with Crippen molar-refractivity contribution in [3.05, 3.63) is 34.9 Å². The number of rotatable bonds is 8. The van der Waals surface area contributed by atoms with Crippen LogP contribution in [0.2, 0.25) is 0 Å². The smallest absolute Gasteiger partial charge is 0.220 e. The van der Waals surface area contributed by atoms with Gasteiger partial charge in [-0.3, -0.25) is 9.59 Å². The van der Waals surface area contributed by atoms with E-state index in [9.17, 15) is 14.4 Å². The Hall–Kier alpha value is -1.97. The number of aryl methyl sites for hydroxylation is 2. The summed E-state index contributed by atoms with van der Waals surface area (Å²) >= 11 is 0. The van der Waals surface area contributed by atoms with Crippen LogP contribution in [0.3, 0.4) is 0 Å². The fourth-order valence-corrected chi connectivity index (χ4v) is 2.26. The minimum Gasteiger partial charge on any atom is -0.369 e. The second kappa shape index (κ2) is 7.58. The Morgan fingerprint density at radius 1 is 1.30 bits per heavy atom. The standard InChI is InChI=1S/C16H21NO3/c1-11-5-6-13(15(10-11)12(2)19)7-8-14(16(17)20)4-3-9-18/h5-6,9-10,14H,3-4,7-8H2,1-2H3,(H2,17,20). The molecule has 1 aromatic carbocycles. The van der Waals surface area contributed by atoms with Crippen LogP contribution in [0.5, 0.6) is 0 Å². The van der Waals surface area contributed by atoms with E-state index in [4.69, 9.17) is 5.73 Å². The zero-order valence-electron chi connectivity index (χ0n) is 12.0. The third-order valence-electron chi connectivity index (χ3n) is 3.44. The molecule has 4 nitrogen and oxygen atoms in total. The number of hydrogen-bond donors (Lipinski definition) is 1. The molecule has 108 valence electrons. The summed E-state index contributed by atoms with van der Waals surface area (Å²) in [6.45, 7) is 3.47. The van der Waals surface area contributed by atoms with E-state index in [1.807, 2.05) is 25.1 Å². The molecule has 1 rings (SSSR count). The minimum absolute atomic E-state index is 0.0206. The number of nitrogens with two attached hydrogens (primary N) is 1. The Morgan fingerprint density at radius 3 is 2.55 bits per heavy atom. The molecule has 0 bridgehead atoms. The molecule has 4 heteroatoms. The van der Waals surface area contributed by atoms with Gasteiger partial charge in [-0.1, -0.05) is 17.7 Å². The molecule has 0 aliphatic rings. The Balaban J connectivity index is 2.79. The van der Waals surface area contributed by atoms with Gasteiger partial charge in [0.25, 0.3) is 0 Å². The van der Waals surface area contributed by atoms with E-state index in [1.54, 1.807) is 0 Å². The number of primary amides is 1. The van der Waals surface area contributed by atoms with E-state index in [-0.39, 0.29) is 17.6 Å². The summed E-state index contributed by atoms with van der Waals surface area (Å²) in [4.78, 5) is 33.4. The molecule has 0 fully saturated rings. The predicted octanol–water partition coefficient (Wildman–Crippen LogP) is 2.21. The van der Waals surface area contributed by atoms with E-state index >= 15 is 0 Å². The molecule has 1 aromatic rings. The third-order valence-corrected chi connectivity index (χ3v) is 3.44. The molecule has 2 N–H and O–H groups in total. The summed E-state index contributed by atoms with van der Waals surface area (Å²) in [5.41, 5.74) is 8.00. The lowest BCUT2D eigenvalue weighted by molar-refractivity contribution is -0.122. The molecule has 1 atom stereocenters. The van der Waals surface area contributed by atoms with Gasteiger partial charge in [0.15, 0.2) is 5.78 Å². The molecule has 0 aliphatic carbocycles. The number of carbonyl (C=O) groups excluding carboxylic acids is 3. The predicted molar refractivity (Wildman–Crippen MR) is 77.5 cm³/mol. The zero-order valence-corrected chi connectivity index (χ0v) is 12.0. The summed E-state index contributed by atoms with van der Waals surface area (Å²) < 4.78 is 0. The lowest BCUT2D eigenvalue weighted by Crippen LogP contribution is -2.24. The van der Waals surface area contributed by atoms with Crippen molar-refractivity contribution < 1.29 is 14.4 Å². The van der Waals surface area contributed by atoms with Gasteiger partial charge in [0, 0.05) is 17.9 Å². The summed E-state index contributed by atoms with van der Waals surface area (Å²) in [5.74, 6) is -0.683. The molecular formula is C16H21NO3. The van der Waals surface area contributed by atoms with Crippen molar-refractivity contribution in [2.75, 3.05) is 0 Å². The highest BCUT2D eigenvalue weighted by molar-refractivity contribution is 5.95. The van der Waals surface area contributed by atoms with Gasteiger partial charge in [0.1, 0.15) is 6.29 Å². The Morgan fingerprint density at radius 2 is 2.00 bits per heavy atom. The lowest BCUT2D eigenvalue weighted by Gasteiger charge is -2.13. The van der Waals surface area contributed by atoms with Crippen LogP contribution in [0.1, 0.15) is 47.7 Å². The molecule has 20 heavy (non-hydrogen) atoms. The molecule has 1 unspecified atom stereocenters. The van der Waals surface area contributed by atoms with Gasteiger partial charge in [-0.15, -0.1) is 0 Å². The fourth-order valence-electron chi connectivity index (χ4n) is 2.26. The quantitative estimate of drug-likeness (QED) is 0.583. The van der Waals surface area contributed by atoms with E-state index in [0.717, 1.165) is 17.4 Å². The monoisotopic (exact) mass is 275 g/mol. The number of aldehydes is 1. The SMILES string of the molecule is CC(=O)c1cc(C)ccc1CCC(CCC=O)C(N)=O. The van der Waals surface area contributed by atoms with Crippen LogP contribution >= 0.6 is 0 Å². The number of benzene rings is 1. The molecule has 0 heterocycles. The van der Waals surface area contributed by atoms with E-state index in [1.165, 1.54) is 6.92 Å². The van der Waals surface area contributed by atoms with Gasteiger partial charge >= 0.3 is 0 Å². The second-order valence-electron chi connectivity index (χ2n) is 5.10. The average Bonchev–Trinajstić information content (AvgIpc) is 2.39. The molecule has 0 aromatic heterocycles. The Bertz CT molecular complexity index is 508. The second-order valence-corrected chi connectivity index (χ2v) is 5.10. The maximum Gasteiger partial charge on any atom is 0.220 e. The number of amides is 1. The highest BCUT2D eigenvalue weighted by Crippen LogP contribution is 2.19. The van der Waals surface area contributed by atoms with Crippen LogP contribution < -0.4 is 5.73 Å². The molecule has 0 radical (unpaired) electrons. The lowest BCUT2D eigenvalue weighted by atomic mass is 9.91. The van der Waals surface area contributed by atoms with Crippen LogP contribution in [-0.2, 0) is 16.0 Å². The Labute approximate surface area is 119 Å². The van der Waals surface area contributed by atoms with Crippen LogP contribution in [-0.4, -0.2) is 18.0 Å². The van der Waals surface area contributed by atoms with Crippen molar-refractivity contribution in [3.63, 3.8) is 0 Å². The molecule has 0 saturated carbocycles. The van der Waals surface area contributed by atoms with Crippen molar-refractivity contribution in [2.24, 2.45) is 11.7 Å². The number of hydrogen-bond acceptors (Lipinski definition) is 3. The topological polar surface area (TPSA) is 77.2 Å². The number of carbonyl (C=O) groups is 3. The zero-order chi connectivity index (χ0) is 15.1. The van der Waals surface area contributed by atoms with Gasteiger partial charge in [-0.25, -0.2) is 0 Å². The van der Waals surface area contributed by atoms with Crippen LogP contribution in [0.25, 0.3) is 0 Å². The van der Waals surface area contributed by atoms with Crippen molar-refractivity contribution in [2.45, 2.75) is 39.5 Å². The first-order chi connectivity index (χ1) is 9.45. The van der Waals surface area contributed by atoms with Gasteiger partial charge in [-0.2, -0.15) is 0 Å². The summed E-state index contributed by atoms with van der Waals surface area (Å²) in [5, 5.41) is 0. The van der Waals surface area contributed by atoms with Gasteiger partial charge in [0.2, 0.25) is 5.91 Å². The summed E-state index contributed by atoms with van der Waals surface area (Å²) in [7, 11) is 0. The maximum absolute atomic E-state index is 11.6. The molecule has 1 amide bonds. The average molecular weight is 275 g/mol. The molecule has 0 saturated heterocycles.